The maximum Gasteiger partial charge on any atom is 0.338 e. The molecule has 0 heterocycles. The molecular formula is C20H22N2O5. The van der Waals surface area contributed by atoms with Crippen molar-refractivity contribution >= 4 is 29.2 Å². The summed E-state index contributed by atoms with van der Waals surface area (Å²) in [7, 11) is 0. The summed E-state index contributed by atoms with van der Waals surface area (Å²) in [4.78, 5) is 35.6. The van der Waals surface area contributed by atoms with Crippen LogP contribution >= 0.6 is 0 Å². The summed E-state index contributed by atoms with van der Waals surface area (Å²) in [5.41, 5.74) is 7.27. The van der Waals surface area contributed by atoms with Crippen LogP contribution in [0.2, 0.25) is 0 Å². The Morgan fingerprint density at radius 3 is 2.04 bits per heavy atom. The number of amides is 1. The molecular weight excluding hydrogens is 348 g/mol. The average Bonchev–Trinajstić information content (AvgIpc) is 2.67. The number of nitrogens with one attached hydrogen (secondary N) is 1. The number of ether oxygens (including phenoxy) is 2. The van der Waals surface area contributed by atoms with Crippen molar-refractivity contribution in [3.05, 3.63) is 59.7 Å². The van der Waals surface area contributed by atoms with Crippen molar-refractivity contribution in [2.45, 2.75) is 19.8 Å². The molecule has 7 nitrogen and oxygen atoms in total. The van der Waals surface area contributed by atoms with Crippen LogP contribution in [0.25, 0.3) is 0 Å². The Labute approximate surface area is 157 Å². The Bertz CT molecular complexity index is 785. The molecule has 0 bridgehead atoms. The fraction of sp³-hybridized carbons (Fsp3) is 0.250. The number of nitrogen functional groups attached to an aromatic ring is 1. The van der Waals surface area contributed by atoms with Crippen LogP contribution in [0.5, 0.6) is 0 Å². The molecule has 3 N–H and O–H groups in total. The van der Waals surface area contributed by atoms with Crippen LogP contribution < -0.4 is 11.1 Å². The Balaban J connectivity index is 1.80. The van der Waals surface area contributed by atoms with E-state index in [-0.39, 0.29) is 0 Å². The molecule has 142 valence electrons. The molecule has 2 aromatic rings. The minimum atomic E-state index is -0.615. The molecule has 0 aliphatic rings. The van der Waals surface area contributed by atoms with E-state index >= 15 is 0 Å². The van der Waals surface area contributed by atoms with Gasteiger partial charge in [-0.1, -0.05) is 13.3 Å². The highest BCUT2D eigenvalue weighted by Crippen LogP contribution is 2.11. The monoisotopic (exact) mass is 370 g/mol. The molecule has 0 saturated carbocycles. The molecule has 0 atom stereocenters. The molecule has 1 amide bonds. The summed E-state index contributed by atoms with van der Waals surface area (Å²) >= 11 is 0. The van der Waals surface area contributed by atoms with Crippen molar-refractivity contribution in [1.82, 2.24) is 0 Å². The third kappa shape index (κ3) is 6.47. The van der Waals surface area contributed by atoms with Gasteiger partial charge in [-0.15, -0.1) is 0 Å². The number of carbonyl (C=O) groups excluding carboxylic acids is 3. The van der Waals surface area contributed by atoms with E-state index in [4.69, 9.17) is 15.2 Å². The predicted octanol–water partition coefficient (Wildman–Crippen LogP) is 3.02. The summed E-state index contributed by atoms with van der Waals surface area (Å²) in [6, 6.07) is 12.5. The normalized spacial score (nSPS) is 10.1. The van der Waals surface area contributed by atoms with Gasteiger partial charge in [0.25, 0.3) is 5.91 Å². The van der Waals surface area contributed by atoms with Crippen LogP contribution in [0, 0.1) is 0 Å². The summed E-state index contributed by atoms with van der Waals surface area (Å²) in [6.45, 7) is 1.97. The van der Waals surface area contributed by atoms with Crippen LogP contribution in [-0.4, -0.2) is 31.1 Å². The maximum atomic E-state index is 11.9. The molecule has 0 aliphatic carbocycles. The summed E-state index contributed by atoms with van der Waals surface area (Å²) in [5, 5.41) is 2.59. The predicted molar refractivity (Wildman–Crippen MR) is 101 cm³/mol. The van der Waals surface area contributed by atoms with Gasteiger partial charge in [-0.3, -0.25) is 4.79 Å². The first-order valence-corrected chi connectivity index (χ1v) is 8.59. The second-order valence-electron chi connectivity index (χ2n) is 5.81. The number of carbonyl (C=O) groups is 3. The molecule has 0 aliphatic heterocycles. The lowest BCUT2D eigenvalue weighted by molar-refractivity contribution is -0.119. The average molecular weight is 370 g/mol. The van der Waals surface area contributed by atoms with Gasteiger partial charge in [-0.2, -0.15) is 0 Å². The lowest BCUT2D eigenvalue weighted by Gasteiger charge is -2.08. The van der Waals surface area contributed by atoms with Crippen molar-refractivity contribution < 1.29 is 23.9 Å². The lowest BCUT2D eigenvalue weighted by atomic mass is 10.2. The van der Waals surface area contributed by atoms with E-state index in [2.05, 4.69) is 5.32 Å². The zero-order valence-electron chi connectivity index (χ0n) is 15.1. The standard InChI is InChI=1S/C20H22N2O5/c1-2-3-12-26-19(24)15-6-10-17(11-7-15)22-18(23)13-27-20(25)14-4-8-16(21)9-5-14/h4-11H,2-3,12-13,21H2,1H3,(H,22,23). The number of esters is 2. The smallest absolute Gasteiger partial charge is 0.338 e. The van der Waals surface area contributed by atoms with E-state index < -0.39 is 24.5 Å². The van der Waals surface area contributed by atoms with Gasteiger partial charge in [0.15, 0.2) is 6.61 Å². The number of hydrogen-bond donors (Lipinski definition) is 2. The Morgan fingerprint density at radius 2 is 1.44 bits per heavy atom. The second-order valence-corrected chi connectivity index (χ2v) is 5.81. The zero-order valence-corrected chi connectivity index (χ0v) is 15.1. The van der Waals surface area contributed by atoms with Crippen LogP contribution in [0.15, 0.2) is 48.5 Å². The minimum absolute atomic E-state index is 0.308. The molecule has 0 spiro atoms. The Hall–Kier alpha value is -3.35. The van der Waals surface area contributed by atoms with E-state index in [0.29, 0.717) is 29.1 Å². The number of unbranched alkanes of at least 4 members (excludes halogenated alkanes) is 1. The van der Waals surface area contributed by atoms with Crippen LogP contribution in [0.3, 0.4) is 0 Å². The highest BCUT2D eigenvalue weighted by molar-refractivity contribution is 5.96. The summed E-state index contributed by atoms with van der Waals surface area (Å²) in [6.07, 6.45) is 1.76. The zero-order chi connectivity index (χ0) is 19.6. The number of anilines is 2. The summed E-state index contributed by atoms with van der Waals surface area (Å²) < 4.78 is 10.1. The van der Waals surface area contributed by atoms with Crippen molar-refractivity contribution in [3.8, 4) is 0 Å². The fourth-order valence-electron chi connectivity index (χ4n) is 2.11. The van der Waals surface area contributed by atoms with Gasteiger partial charge in [-0.25, -0.2) is 9.59 Å². The molecule has 7 heteroatoms. The Morgan fingerprint density at radius 1 is 0.889 bits per heavy atom. The molecule has 0 saturated heterocycles. The maximum absolute atomic E-state index is 11.9. The molecule has 0 unspecified atom stereocenters. The topological polar surface area (TPSA) is 108 Å². The van der Waals surface area contributed by atoms with E-state index in [1.807, 2.05) is 6.92 Å². The van der Waals surface area contributed by atoms with E-state index in [0.717, 1.165) is 12.8 Å². The molecule has 0 radical (unpaired) electrons. The van der Waals surface area contributed by atoms with Gasteiger partial charge >= 0.3 is 11.9 Å². The Kier molecular flexibility index (Phi) is 7.37. The second kappa shape index (κ2) is 9.96. The number of benzene rings is 2. The number of hydrogen-bond acceptors (Lipinski definition) is 6. The number of nitrogens with two attached hydrogens (primary N) is 1. The van der Waals surface area contributed by atoms with Crippen LogP contribution in [0.1, 0.15) is 40.5 Å². The minimum Gasteiger partial charge on any atom is -0.462 e. The van der Waals surface area contributed by atoms with Crippen LogP contribution in [0.4, 0.5) is 11.4 Å². The van der Waals surface area contributed by atoms with Crippen LogP contribution in [-0.2, 0) is 14.3 Å². The first-order chi connectivity index (χ1) is 13.0. The fourth-order valence-corrected chi connectivity index (χ4v) is 2.11. The van der Waals surface area contributed by atoms with Crippen molar-refractivity contribution in [2.75, 3.05) is 24.3 Å². The van der Waals surface area contributed by atoms with Gasteiger partial charge in [0, 0.05) is 11.4 Å². The first kappa shape index (κ1) is 20.0. The lowest BCUT2D eigenvalue weighted by Crippen LogP contribution is -2.21. The molecule has 0 aromatic heterocycles. The molecule has 2 aromatic carbocycles. The molecule has 2 rings (SSSR count). The van der Waals surface area contributed by atoms with E-state index in [1.54, 1.807) is 36.4 Å². The van der Waals surface area contributed by atoms with Crippen molar-refractivity contribution in [1.29, 1.82) is 0 Å². The largest absolute Gasteiger partial charge is 0.462 e. The van der Waals surface area contributed by atoms with Gasteiger partial charge in [0.05, 0.1) is 17.7 Å². The van der Waals surface area contributed by atoms with Gasteiger partial charge in [-0.05, 0) is 55.0 Å². The third-order valence-corrected chi connectivity index (χ3v) is 3.62. The van der Waals surface area contributed by atoms with Crippen molar-refractivity contribution in [2.24, 2.45) is 0 Å². The van der Waals surface area contributed by atoms with Gasteiger partial charge < -0.3 is 20.5 Å². The molecule has 0 fully saturated rings. The van der Waals surface area contributed by atoms with Crippen molar-refractivity contribution in [3.63, 3.8) is 0 Å². The van der Waals surface area contributed by atoms with E-state index in [9.17, 15) is 14.4 Å². The van der Waals surface area contributed by atoms with Gasteiger partial charge in [0.2, 0.25) is 0 Å². The SMILES string of the molecule is CCCCOC(=O)c1ccc(NC(=O)COC(=O)c2ccc(N)cc2)cc1. The highest BCUT2D eigenvalue weighted by atomic mass is 16.5. The number of rotatable bonds is 8. The summed E-state index contributed by atoms with van der Waals surface area (Å²) in [5.74, 6) is -1.51. The quantitative estimate of drug-likeness (QED) is 0.420. The van der Waals surface area contributed by atoms with E-state index in [1.165, 1.54) is 12.1 Å². The highest BCUT2D eigenvalue weighted by Gasteiger charge is 2.11. The first-order valence-electron chi connectivity index (χ1n) is 8.59. The third-order valence-electron chi connectivity index (χ3n) is 3.62. The molecule has 27 heavy (non-hydrogen) atoms. The van der Waals surface area contributed by atoms with Gasteiger partial charge in [0.1, 0.15) is 0 Å².